The van der Waals surface area contributed by atoms with E-state index in [9.17, 15) is 9.59 Å². The van der Waals surface area contributed by atoms with E-state index in [-0.39, 0.29) is 16.5 Å². The number of aromatic carboxylic acids is 1. The molecule has 0 bridgehead atoms. The molecule has 2 rings (SSSR count). The summed E-state index contributed by atoms with van der Waals surface area (Å²) < 4.78 is 1.01. The second-order valence-electron chi connectivity index (χ2n) is 3.59. The van der Waals surface area contributed by atoms with Gasteiger partial charge < -0.3 is 10.4 Å². The number of nitrogens with one attached hydrogen (secondary N) is 1. The first-order valence-corrected chi connectivity index (χ1v) is 7.39. The molecule has 4 nitrogen and oxygen atoms in total. The predicted octanol–water partition coefficient (Wildman–Crippen LogP) is 3.96. The molecular formula is C12H7ClINO3S. The highest BCUT2D eigenvalue weighted by Crippen LogP contribution is 2.24. The number of amides is 1. The van der Waals surface area contributed by atoms with Crippen LogP contribution < -0.4 is 5.32 Å². The van der Waals surface area contributed by atoms with E-state index < -0.39 is 5.97 Å². The largest absolute Gasteiger partial charge is 0.478 e. The highest BCUT2D eigenvalue weighted by Gasteiger charge is 2.12. The fourth-order valence-corrected chi connectivity index (χ4v) is 2.93. The van der Waals surface area contributed by atoms with Gasteiger partial charge in [-0.05, 0) is 46.9 Å². The Balaban J connectivity index is 2.20. The molecule has 0 fully saturated rings. The first-order chi connectivity index (χ1) is 8.97. The lowest BCUT2D eigenvalue weighted by atomic mass is 10.2. The van der Waals surface area contributed by atoms with Crippen molar-refractivity contribution in [3.05, 3.63) is 48.7 Å². The Morgan fingerprint density at radius 1 is 1.26 bits per heavy atom. The van der Waals surface area contributed by atoms with Crippen LogP contribution in [0.1, 0.15) is 20.7 Å². The molecule has 0 aliphatic heterocycles. The van der Waals surface area contributed by atoms with Crippen molar-refractivity contribution in [1.82, 2.24) is 0 Å². The summed E-state index contributed by atoms with van der Waals surface area (Å²) in [6.45, 7) is 0. The molecule has 1 aromatic carbocycles. The Hall–Kier alpha value is -1.12. The summed E-state index contributed by atoms with van der Waals surface area (Å²) in [6.07, 6.45) is 0. The Morgan fingerprint density at radius 3 is 2.53 bits per heavy atom. The summed E-state index contributed by atoms with van der Waals surface area (Å²) in [5.41, 5.74) is 1.01. The molecule has 0 unspecified atom stereocenters. The highest BCUT2D eigenvalue weighted by atomic mass is 127. The lowest BCUT2D eigenvalue weighted by Crippen LogP contribution is -2.11. The number of carbonyl (C=O) groups excluding carboxylic acids is 1. The van der Waals surface area contributed by atoms with Gasteiger partial charge in [-0.15, -0.1) is 11.3 Å². The monoisotopic (exact) mass is 407 g/mol. The van der Waals surface area contributed by atoms with E-state index in [0.717, 1.165) is 2.88 Å². The molecule has 2 aromatic rings. The third-order valence-electron chi connectivity index (χ3n) is 2.29. The number of thiophene rings is 1. The van der Waals surface area contributed by atoms with Crippen LogP contribution in [0.4, 0.5) is 5.69 Å². The smallest absolute Gasteiger partial charge is 0.335 e. The van der Waals surface area contributed by atoms with E-state index in [2.05, 4.69) is 27.9 Å². The number of carboxylic acid groups (broad SMARTS) is 1. The third-order valence-corrected chi connectivity index (χ3v) is 4.40. The molecule has 1 amide bonds. The lowest BCUT2D eigenvalue weighted by Gasteiger charge is -2.06. The zero-order valence-corrected chi connectivity index (χ0v) is 13.0. The van der Waals surface area contributed by atoms with Gasteiger partial charge in [0.15, 0.2) is 0 Å². The van der Waals surface area contributed by atoms with Gasteiger partial charge in [0.05, 0.1) is 24.7 Å². The van der Waals surface area contributed by atoms with Crippen molar-refractivity contribution in [3.8, 4) is 0 Å². The summed E-state index contributed by atoms with van der Waals surface area (Å²) in [5.74, 6) is -1.34. The first kappa shape index (κ1) is 14.3. The summed E-state index contributed by atoms with van der Waals surface area (Å²) >= 11 is 9.53. The SMILES string of the molecule is O=C(O)c1ccc(NC(=O)c2csc(I)c2)c(Cl)c1. The molecule has 0 aliphatic carbocycles. The molecule has 19 heavy (non-hydrogen) atoms. The fourth-order valence-electron chi connectivity index (χ4n) is 1.37. The molecule has 0 radical (unpaired) electrons. The van der Waals surface area contributed by atoms with E-state index in [1.165, 1.54) is 29.5 Å². The van der Waals surface area contributed by atoms with Crippen LogP contribution in [0.5, 0.6) is 0 Å². The van der Waals surface area contributed by atoms with Crippen LogP contribution >= 0.6 is 45.5 Å². The van der Waals surface area contributed by atoms with E-state index in [0.29, 0.717) is 11.3 Å². The Morgan fingerprint density at radius 2 is 2.00 bits per heavy atom. The zero-order valence-electron chi connectivity index (χ0n) is 9.31. The summed E-state index contributed by atoms with van der Waals surface area (Å²) in [7, 11) is 0. The van der Waals surface area contributed by atoms with Crippen LogP contribution in [0.2, 0.25) is 5.02 Å². The number of anilines is 1. The van der Waals surface area contributed by atoms with Crippen molar-refractivity contribution in [2.75, 3.05) is 5.32 Å². The van der Waals surface area contributed by atoms with Gasteiger partial charge >= 0.3 is 5.97 Å². The van der Waals surface area contributed by atoms with Gasteiger partial charge in [0, 0.05) is 5.38 Å². The maximum atomic E-state index is 11.9. The molecule has 1 aromatic heterocycles. The minimum absolute atomic E-state index is 0.0769. The van der Waals surface area contributed by atoms with Crippen LogP contribution in [0, 0.1) is 2.88 Å². The average molecular weight is 408 g/mol. The van der Waals surface area contributed by atoms with Crippen molar-refractivity contribution in [1.29, 1.82) is 0 Å². The second-order valence-corrected chi connectivity index (χ2v) is 6.81. The van der Waals surface area contributed by atoms with E-state index >= 15 is 0 Å². The number of hydrogen-bond donors (Lipinski definition) is 2. The number of carboxylic acids is 1. The Bertz CT molecular complexity index is 656. The van der Waals surface area contributed by atoms with Crippen molar-refractivity contribution in [2.24, 2.45) is 0 Å². The molecule has 7 heteroatoms. The Kier molecular flexibility index (Phi) is 4.43. The topological polar surface area (TPSA) is 66.4 Å². The molecule has 0 saturated heterocycles. The van der Waals surface area contributed by atoms with Crippen molar-refractivity contribution in [2.45, 2.75) is 0 Å². The highest BCUT2D eigenvalue weighted by molar-refractivity contribution is 14.1. The number of rotatable bonds is 3. The zero-order chi connectivity index (χ0) is 14.0. The van der Waals surface area contributed by atoms with Gasteiger partial charge in [0.25, 0.3) is 5.91 Å². The minimum atomic E-state index is -1.06. The third kappa shape index (κ3) is 3.46. The number of hydrogen-bond acceptors (Lipinski definition) is 3. The molecule has 0 spiro atoms. The van der Waals surface area contributed by atoms with Crippen molar-refractivity contribution in [3.63, 3.8) is 0 Å². The van der Waals surface area contributed by atoms with Gasteiger partial charge in [-0.1, -0.05) is 11.6 Å². The van der Waals surface area contributed by atoms with Crippen LogP contribution in [-0.4, -0.2) is 17.0 Å². The first-order valence-electron chi connectivity index (χ1n) is 5.05. The van der Waals surface area contributed by atoms with Gasteiger partial charge in [-0.2, -0.15) is 0 Å². The van der Waals surface area contributed by atoms with Gasteiger partial charge in [-0.25, -0.2) is 4.79 Å². The quantitative estimate of drug-likeness (QED) is 0.757. The second kappa shape index (κ2) is 5.89. The predicted molar refractivity (Wildman–Crippen MR) is 83.4 cm³/mol. The van der Waals surface area contributed by atoms with Crippen LogP contribution in [-0.2, 0) is 0 Å². The summed E-state index contributed by atoms with van der Waals surface area (Å²) in [4.78, 5) is 22.7. The molecule has 2 N–H and O–H groups in total. The number of carbonyl (C=O) groups is 2. The van der Waals surface area contributed by atoms with Crippen molar-refractivity contribution < 1.29 is 14.7 Å². The van der Waals surface area contributed by atoms with Gasteiger partial charge in [0.2, 0.25) is 0 Å². The molecule has 0 aliphatic rings. The van der Waals surface area contributed by atoms with Crippen molar-refractivity contribution >= 4 is 63.1 Å². The molecule has 98 valence electrons. The maximum absolute atomic E-state index is 11.9. The Labute approximate surface area is 131 Å². The van der Waals surface area contributed by atoms with E-state index in [1.54, 1.807) is 11.4 Å². The lowest BCUT2D eigenvalue weighted by molar-refractivity contribution is 0.0696. The molecular weight excluding hydrogens is 401 g/mol. The van der Waals surface area contributed by atoms with Crippen LogP contribution in [0.25, 0.3) is 0 Å². The molecule has 0 saturated carbocycles. The normalized spacial score (nSPS) is 10.2. The fraction of sp³-hybridized carbons (Fsp3) is 0. The van der Waals surface area contributed by atoms with Crippen LogP contribution in [0.3, 0.4) is 0 Å². The van der Waals surface area contributed by atoms with E-state index in [4.69, 9.17) is 16.7 Å². The van der Waals surface area contributed by atoms with Gasteiger partial charge in [0.1, 0.15) is 0 Å². The standard InChI is InChI=1S/C12H7ClINO3S/c13-8-3-6(12(17)18)1-2-9(8)15-11(16)7-4-10(14)19-5-7/h1-5H,(H,15,16)(H,17,18). The molecule has 1 heterocycles. The number of benzene rings is 1. The number of halogens is 2. The minimum Gasteiger partial charge on any atom is -0.478 e. The summed E-state index contributed by atoms with van der Waals surface area (Å²) in [6, 6.07) is 5.93. The van der Waals surface area contributed by atoms with Gasteiger partial charge in [-0.3, -0.25) is 4.79 Å². The average Bonchev–Trinajstić information content (AvgIpc) is 2.78. The van der Waals surface area contributed by atoms with Crippen LogP contribution in [0.15, 0.2) is 29.6 Å². The molecule has 0 atom stereocenters. The van der Waals surface area contributed by atoms with E-state index in [1.807, 2.05) is 0 Å². The summed E-state index contributed by atoms with van der Waals surface area (Å²) in [5, 5.41) is 13.4. The maximum Gasteiger partial charge on any atom is 0.335 e.